The van der Waals surface area contributed by atoms with Crippen LogP contribution in [0.15, 0.2) is 0 Å². The monoisotopic (exact) mass is 274 g/mol. The first-order valence-corrected chi connectivity index (χ1v) is 7.07. The average Bonchev–Trinajstić information content (AvgIpc) is 2.58. The molecule has 1 aliphatic rings. The lowest BCUT2D eigenvalue weighted by Crippen LogP contribution is -2.58. The lowest BCUT2D eigenvalue weighted by atomic mass is 9.86. The summed E-state index contributed by atoms with van der Waals surface area (Å²) in [7, 11) is 0. The van der Waals surface area contributed by atoms with Gasteiger partial charge in [-0.05, 0) is 27.7 Å². The molecule has 1 saturated heterocycles. The molecule has 0 bridgehead atoms. The van der Waals surface area contributed by atoms with Crippen molar-refractivity contribution in [2.24, 2.45) is 0 Å². The quantitative estimate of drug-likeness (QED) is 0.790. The van der Waals surface area contributed by atoms with Crippen LogP contribution in [0.4, 0.5) is 4.79 Å². The molecule has 1 rings (SSSR count). The van der Waals surface area contributed by atoms with E-state index in [0.717, 1.165) is 5.75 Å². The van der Waals surface area contributed by atoms with Gasteiger partial charge in [0.1, 0.15) is 0 Å². The highest BCUT2D eigenvalue weighted by atomic mass is 32.2. The zero-order chi connectivity index (χ0) is 14.0. The molecule has 0 aliphatic carbocycles. The number of hydrogen-bond acceptors (Lipinski definition) is 4. The number of amides is 2. The Morgan fingerprint density at radius 1 is 1.44 bits per heavy atom. The predicted molar refractivity (Wildman–Crippen MR) is 72.6 cm³/mol. The van der Waals surface area contributed by atoms with Gasteiger partial charge in [0.25, 0.3) is 5.24 Å². The fourth-order valence-electron chi connectivity index (χ4n) is 1.43. The van der Waals surface area contributed by atoms with Gasteiger partial charge in [-0.3, -0.25) is 9.59 Å². The Kier molecular flexibility index (Phi) is 4.66. The summed E-state index contributed by atoms with van der Waals surface area (Å²) in [6.07, 6.45) is 0.270. The summed E-state index contributed by atoms with van der Waals surface area (Å²) in [5, 5.41) is 12.8. The van der Waals surface area contributed by atoms with Gasteiger partial charge in [-0.2, -0.15) is 0 Å². The second kappa shape index (κ2) is 5.48. The Balaban J connectivity index is 2.40. The number of carbonyl (C=O) groups excluding carboxylic acids is 2. The summed E-state index contributed by atoms with van der Waals surface area (Å²) < 4.78 is 0. The van der Waals surface area contributed by atoms with Crippen LogP contribution in [0.2, 0.25) is 0 Å². The first-order chi connectivity index (χ1) is 8.13. The van der Waals surface area contributed by atoms with Crippen LogP contribution in [0.25, 0.3) is 0 Å². The maximum atomic E-state index is 11.8. The van der Waals surface area contributed by atoms with Crippen LogP contribution in [0.5, 0.6) is 0 Å². The van der Waals surface area contributed by atoms with Crippen LogP contribution < -0.4 is 5.32 Å². The summed E-state index contributed by atoms with van der Waals surface area (Å²) in [6.45, 7) is 8.04. The Morgan fingerprint density at radius 2 is 2.06 bits per heavy atom. The predicted octanol–water partition coefficient (Wildman–Crippen LogP) is 1.21. The van der Waals surface area contributed by atoms with Gasteiger partial charge < -0.3 is 15.3 Å². The number of hydrogen-bond donors (Lipinski definition) is 2. The van der Waals surface area contributed by atoms with Crippen molar-refractivity contribution in [3.63, 3.8) is 0 Å². The highest BCUT2D eigenvalue weighted by Crippen LogP contribution is 2.21. The highest BCUT2D eigenvalue weighted by molar-refractivity contribution is 8.13. The van der Waals surface area contributed by atoms with E-state index in [1.807, 2.05) is 0 Å². The van der Waals surface area contributed by atoms with E-state index < -0.39 is 11.1 Å². The number of rotatable bonds is 5. The van der Waals surface area contributed by atoms with E-state index in [4.69, 9.17) is 0 Å². The summed E-state index contributed by atoms with van der Waals surface area (Å²) in [4.78, 5) is 24.8. The molecule has 1 fully saturated rings. The summed E-state index contributed by atoms with van der Waals surface area (Å²) in [5.74, 6) is 0.655. The summed E-state index contributed by atoms with van der Waals surface area (Å²) in [5.41, 5.74) is -1.70. The first kappa shape index (κ1) is 15.3. The number of nitrogens with one attached hydrogen (secondary N) is 1. The molecular formula is C12H22N2O3S. The molecule has 0 aromatic heterocycles. The Morgan fingerprint density at radius 3 is 2.50 bits per heavy atom. The fourth-order valence-corrected chi connectivity index (χ4v) is 2.28. The molecule has 1 heterocycles. The van der Waals surface area contributed by atoms with E-state index in [2.05, 4.69) is 5.32 Å². The Labute approximate surface area is 112 Å². The third kappa shape index (κ3) is 3.88. The molecule has 2 N–H and O–H groups in total. The summed E-state index contributed by atoms with van der Waals surface area (Å²) >= 11 is 1.29. The third-order valence-electron chi connectivity index (χ3n) is 3.44. The van der Waals surface area contributed by atoms with Crippen LogP contribution in [0.3, 0.4) is 0 Å². The van der Waals surface area contributed by atoms with Crippen molar-refractivity contribution >= 4 is 22.9 Å². The minimum atomic E-state index is -0.998. The number of carbonyl (C=O) groups is 2. The van der Waals surface area contributed by atoms with Gasteiger partial charge in [-0.25, -0.2) is 0 Å². The minimum absolute atomic E-state index is 0.0459. The van der Waals surface area contributed by atoms with E-state index in [9.17, 15) is 14.7 Å². The van der Waals surface area contributed by atoms with Gasteiger partial charge in [-0.15, -0.1) is 0 Å². The first-order valence-electron chi connectivity index (χ1n) is 6.08. The average molecular weight is 274 g/mol. The summed E-state index contributed by atoms with van der Waals surface area (Å²) in [6, 6.07) is 0. The van der Waals surface area contributed by atoms with Crippen molar-refractivity contribution in [3.05, 3.63) is 0 Å². The minimum Gasteiger partial charge on any atom is -0.388 e. The third-order valence-corrected chi connectivity index (χ3v) is 4.33. The lowest BCUT2D eigenvalue weighted by Gasteiger charge is -2.38. The topological polar surface area (TPSA) is 69.6 Å². The SMILES string of the molecule is CC(C)(O)C(C)(C)NC(=O)CCN1CCSC1=O. The molecule has 18 heavy (non-hydrogen) atoms. The highest BCUT2D eigenvalue weighted by Gasteiger charge is 2.36. The van der Waals surface area contributed by atoms with E-state index in [-0.39, 0.29) is 17.6 Å². The van der Waals surface area contributed by atoms with Crippen molar-refractivity contribution in [3.8, 4) is 0 Å². The van der Waals surface area contributed by atoms with Crippen LogP contribution >= 0.6 is 11.8 Å². The molecule has 0 spiro atoms. The van der Waals surface area contributed by atoms with Gasteiger partial charge in [0.2, 0.25) is 5.91 Å². The van der Waals surface area contributed by atoms with Gasteiger partial charge >= 0.3 is 0 Å². The number of thioether (sulfide) groups is 1. The van der Waals surface area contributed by atoms with E-state index >= 15 is 0 Å². The molecule has 0 radical (unpaired) electrons. The zero-order valence-corrected chi connectivity index (χ0v) is 12.3. The van der Waals surface area contributed by atoms with Crippen molar-refractivity contribution in [1.82, 2.24) is 10.2 Å². The van der Waals surface area contributed by atoms with E-state index in [0.29, 0.717) is 13.1 Å². The van der Waals surface area contributed by atoms with Crippen molar-refractivity contribution in [1.29, 1.82) is 0 Å². The van der Waals surface area contributed by atoms with E-state index in [1.54, 1.807) is 32.6 Å². The molecule has 1 aliphatic heterocycles. The van der Waals surface area contributed by atoms with Gasteiger partial charge in [0.05, 0.1) is 11.1 Å². The van der Waals surface area contributed by atoms with Crippen molar-refractivity contribution in [2.45, 2.75) is 45.3 Å². The van der Waals surface area contributed by atoms with Gasteiger partial charge in [-0.1, -0.05) is 11.8 Å². The Bertz CT molecular complexity index is 337. The maximum Gasteiger partial charge on any atom is 0.281 e. The van der Waals surface area contributed by atoms with Crippen LogP contribution in [-0.4, -0.2) is 51.1 Å². The van der Waals surface area contributed by atoms with Crippen molar-refractivity contribution in [2.75, 3.05) is 18.8 Å². The number of aliphatic hydroxyl groups is 1. The maximum absolute atomic E-state index is 11.8. The zero-order valence-electron chi connectivity index (χ0n) is 11.4. The Hall–Kier alpha value is -0.750. The molecule has 0 unspecified atom stereocenters. The van der Waals surface area contributed by atoms with E-state index in [1.165, 1.54) is 11.8 Å². The fraction of sp³-hybridized carbons (Fsp3) is 0.833. The standard InChI is InChI=1S/C12H22N2O3S/c1-11(2,12(3,4)17)13-9(15)5-6-14-7-8-18-10(14)16/h17H,5-8H2,1-4H3,(H,13,15). The van der Waals surface area contributed by atoms with Crippen LogP contribution in [-0.2, 0) is 4.79 Å². The largest absolute Gasteiger partial charge is 0.388 e. The van der Waals surface area contributed by atoms with Gasteiger partial charge in [0, 0.05) is 25.3 Å². The second-order valence-corrected chi connectivity index (χ2v) is 6.63. The van der Waals surface area contributed by atoms with Crippen molar-refractivity contribution < 1.29 is 14.7 Å². The lowest BCUT2D eigenvalue weighted by molar-refractivity contribution is -0.126. The molecule has 0 aromatic carbocycles. The molecule has 2 amide bonds. The van der Waals surface area contributed by atoms with Crippen LogP contribution in [0, 0.1) is 0 Å². The molecule has 0 atom stereocenters. The molecule has 0 saturated carbocycles. The molecule has 6 heteroatoms. The normalized spacial score (nSPS) is 17.2. The van der Waals surface area contributed by atoms with Crippen LogP contribution in [0.1, 0.15) is 34.1 Å². The molecular weight excluding hydrogens is 252 g/mol. The number of nitrogens with zero attached hydrogens (tertiary/aromatic N) is 1. The second-order valence-electron chi connectivity index (χ2n) is 5.58. The molecule has 5 nitrogen and oxygen atoms in total. The smallest absolute Gasteiger partial charge is 0.281 e. The van der Waals surface area contributed by atoms with Gasteiger partial charge in [0.15, 0.2) is 0 Å². The molecule has 0 aromatic rings. The molecule has 104 valence electrons.